The molecule has 7 nitrogen and oxygen atoms in total. The van der Waals surface area contributed by atoms with Crippen LogP contribution < -0.4 is 16.0 Å². The SMILES string of the molecule is CNC(=O)NCC(=O)NC[C@H]1CN(Cc2ccccc2)CCCO1. The molecule has 2 rings (SSSR count). The van der Waals surface area contributed by atoms with Crippen molar-refractivity contribution < 1.29 is 14.3 Å². The molecule has 7 heteroatoms. The van der Waals surface area contributed by atoms with Crippen molar-refractivity contribution in [3.05, 3.63) is 35.9 Å². The molecule has 24 heavy (non-hydrogen) atoms. The molecule has 1 heterocycles. The molecule has 0 saturated carbocycles. The molecule has 0 bridgehead atoms. The lowest BCUT2D eigenvalue weighted by atomic mass is 10.2. The average Bonchev–Trinajstić information content (AvgIpc) is 2.83. The normalized spacial score (nSPS) is 18.5. The second-order valence-electron chi connectivity index (χ2n) is 5.80. The highest BCUT2D eigenvalue weighted by Gasteiger charge is 2.19. The highest BCUT2D eigenvalue weighted by Crippen LogP contribution is 2.10. The molecule has 132 valence electrons. The summed E-state index contributed by atoms with van der Waals surface area (Å²) in [7, 11) is 1.51. The third-order valence-corrected chi connectivity index (χ3v) is 3.85. The Hall–Kier alpha value is -2.12. The molecule has 1 saturated heterocycles. The van der Waals surface area contributed by atoms with E-state index in [-0.39, 0.29) is 24.6 Å². The summed E-state index contributed by atoms with van der Waals surface area (Å²) >= 11 is 0. The van der Waals surface area contributed by atoms with E-state index in [0.29, 0.717) is 13.2 Å². The molecule has 0 unspecified atom stereocenters. The summed E-state index contributed by atoms with van der Waals surface area (Å²) in [6.07, 6.45) is 0.940. The Morgan fingerprint density at radius 1 is 1.25 bits per heavy atom. The third kappa shape index (κ3) is 6.55. The van der Waals surface area contributed by atoms with Crippen LogP contribution in [0.5, 0.6) is 0 Å². The summed E-state index contributed by atoms with van der Waals surface area (Å²) in [4.78, 5) is 25.1. The summed E-state index contributed by atoms with van der Waals surface area (Å²) in [5.41, 5.74) is 1.27. The molecule has 0 radical (unpaired) electrons. The Bertz CT molecular complexity index is 524. The van der Waals surface area contributed by atoms with Gasteiger partial charge in [0.05, 0.1) is 12.6 Å². The van der Waals surface area contributed by atoms with Crippen LogP contribution in [0.25, 0.3) is 0 Å². The lowest BCUT2D eigenvalue weighted by Gasteiger charge is -2.24. The fourth-order valence-electron chi connectivity index (χ4n) is 2.62. The molecule has 3 N–H and O–H groups in total. The fourth-order valence-corrected chi connectivity index (χ4v) is 2.62. The predicted octanol–water partition coefficient (Wildman–Crippen LogP) is 0.323. The summed E-state index contributed by atoms with van der Waals surface area (Å²) in [6, 6.07) is 9.96. The van der Waals surface area contributed by atoms with Crippen molar-refractivity contribution in [2.75, 3.05) is 39.8 Å². The van der Waals surface area contributed by atoms with Crippen LogP contribution in [-0.4, -0.2) is 62.8 Å². The van der Waals surface area contributed by atoms with Crippen molar-refractivity contribution in [3.8, 4) is 0 Å². The van der Waals surface area contributed by atoms with Crippen LogP contribution in [0.15, 0.2) is 30.3 Å². The van der Waals surface area contributed by atoms with Gasteiger partial charge in [-0.15, -0.1) is 0 Å². The fraction of sp³-hybridized carbons (Fsp3) is 0.529. The van der Waals surface area contributed by atoms with Crippen LogP contribution in [0.3, 0.4) is 0 Å². The number of rotatable bonds is 6. The smallest absolute Gasteiger partial charge is 0.314 e. The second-order valence-corrected chi connectivity index (χ2v) is 5.80. The maximum atomic E-state index is 11.7. The zero-order valence-electron chi connectivity index (χ0n) is 14.1. The van der Waals surface area contributed by atoms with Crippen LogP contribution in [-0.2, 0) is 16.1 Å². The molecule has 1 aromatic carbocycles. The highest BCUT2D eigenvalue weighted by atomic mass is 16.5. The minimum absolute atomic E-state index is 0.0415. The Morgan fingerprint density at radius 2 is 2.04 bits per heavy atom. The van der Waals surface area contributed by atoms with Crippen molar-refractivity contribution >= 4 is 11.9 Å². The van der Waals surface area contributed by atoms with Crippen molar-refractivity contribution in [1.29, 1.82) is 0 Å². The van der Waals surface area contributed by atoms with Crippen molar-refractivity contribution in [2.45, 2.75) is 19.1 Å². The number of ether oxygens (including phenoxy) is 1. The molecule has 1 aliphatic heterocycles. The predicted molar refractivity (Wildman–Crippen MR) is 91.5 cm³/mol. The van der Waals surface area contributed by atoms with Crippen molar-refractivity contribution in [2.24, 2.45) is 0 Å². The topological polar surface area (TPSA) is 82.7 Å². The van der Waals surface area contributed by atoms with Gasteiger partial charge in [-0.1, -0.05) is 30.3 Å². The number of carbonyl (C=O) groups is 2. The number of benzene rings is 1. The zero-order chi connectivity index (χ0) is 17.2. The minimum atomic E-state index is -0.370. The first kappa shape index (κ1) is 18.2. The Labute approximate surface area is 142 Å². The molecule has 0 aromatic heterocycles. The van der Waals surface area contributed by atoms with E-state index in [9.17, 15) is 9.59 Å². The average molecular weight is 334 g/mol. The summed E-state index contributed by atoms with van der Waals surface area (Å²) in [6.45, 7) is 3.74. The van der Waals surface area contributed by atoms with Gasteiger partial charge < -0.3 is 20.7 Å². The number of hydrogen-bond donors (Lipinski definition) is 3. The van der Waals surface area contributed by atoms with Gasteiger partial charge in [0.25, 0.3) is 0 Å². The lowest BCUT2D eigenvalue weighted by Crippen LogP contribution is -2.44. The van der Waals surface area contributed by atoms with Gasteiger partial charge in [-0.2, -0.15) is 0 Å². The van der Waals surface area contributed by atoms with E-state index in [2.05, 4.69) is 33.0 Å². The standard InChI is InChI=1S/C17H26N4O3/c1-18-17(23)20-11-16(22)19-10-15-13-21(8-5-9-24-15)12-14-6-3-2-4-7-14/h2-4,6-7,15H,5,8-13H2,1H3,(H,19,22)(H2,18,20,23)/t15-/m0/s1. The molecule has 1 atom stereocenters. The van der Waals surface area contributed by atoms with Crippen LogP contribution in [0.2, 0.25) is 0 Å². The highest BCUT2D eigenvalue weighted by molar-refractivity contribution is 5.83. The molecule has 1 fully saturated rings. The largest absolute Gasteiger partial charge is 0.375 e. The quantitative estimate of drug-likeness (QED) is 0.700. The summed E-state index contributed by atoms with van der Waals surface area (Å²) in [5, 5.41) is 7.67. The van der Waals surface area contributed by atoms with Gasteiger partial charge in [0.15, 0.2) is 0 Å². The monoisotopic (exact) mass is 334 g/mol. The summed E-state index contributed by atoms with van der Waals surface area (Å²) < 4.78 is 5.81. The van der Waals surface area contributed by atoms with E-state index in [1.54, 1.807) is 0 Å². The first-order valence-electron chi connectivity index (χ1n) is 8.27. The lowest BCUT2D eigenvalue weighted by molar-refractivity contribution is -0.120. The van der Waals surface area contributed by atoms with E-state index in [1.807, 2.05) is 18.2 Å². The van der Waals surface area contributed by atoms with E-state index in [1.165, 1.54) is 12.6 Å². The van der Waals surface area contributed by atoms with Gasteiger partial charge in [0, 0.05) is 39.8 Å². The van der Waals surface area contributed by atoms with Crippen LogP contribution in [0.1, 0.15) is 12.0 Å². The van der Waals surface area contributed by atoms with Gasteiger partial charge in [0.2, 0.25) is 5.91 Å². The molecule has 3 amide bonds. The Morgan fingerprint density at radius 3 is 2.79 bits per heavy atom. The minimum Gasteiger partial charge on any atom is -0.375 e. The van der Waals surface area contributed by atoms with E-state index in [0.717, 1.165) is 26.1 Å². The Balaban J connectivity index is 1.75. The first-order chi connectivity index (χ1) is 11.7. The maximum Gasteiger partial charge on any atom is 0.314 e. The van der Waals surface area contributed by atoms with Crippen LogP contribution in [0, 0.1) is 0 Å². The van der Waals surface area contributed by atoms with Crippen LogP contribution >= 0.6 is 0 Å². The van der Waals surface area contributed by atoms with E-state index in [4.69, 9.17) is 4.74 Å². The van der Waals surface area contributed by atoms with Crippen molar-refractivity contribution in [1.82, 2.24) is 20.9 Å². The molecule has 1 aromatic rings. The summed E-state index contributed by atoms with van der Waals surface area (Å²) in [5.74, 6) is -0.221. The van der Waals surface area contributed by atoms with Gasteiger partial charge in [0.1, 0.15) is 0 Å². The zero-order valence-corrected chi connectivity index (χ0v) is 14.1. The van der Waals surface area contributed by atoms with E-state index >= 15 is 0 Å². The van der Waals surface area contributed by atoms with Crippen molar-refractivity contribution in [3.63, 3.8) is 0 Å². The number of amides is 3. The van der Waals surface area contributed by atoms with Gasteiger partial charge in [-0.05, 0) is 12.0 Å². The molecular formula is C17H26N4O3. The second kappa shape index (κ2) is 9.89. The third-order valence-electron chi connectivity index (χ3n) is 3.85. The molecule has 1 aliphatic rings. The van der Waals surface area contributed by atoms with Gasteiger partial charge >= 0.3 is 6.03 Å². The first-order valence-corrected chi connectivity index (χ1v) is 8.27. The van der Waals surface area contributed by atoms with E-state index < -0.39 is 0 Å². The number of urea groups is 1. The number of nitrogens with zero attached hydrogens (tertiary/aromatic N) is 1. The number of hydrogen-bond acceptors (Lipinski definition) is 4. The number of nitrogens with one attached hydrogen (secondary N) is 3. The molecule has 0 spiro atoms. The number of carbonyl (C=O) groups excluding carboxylic acids is 2. The van der Waals surface area contributed by atoms with Gasteiger partial charge in [-0.25, -0.2) is 4.79 Å². The molecular weight excluding hydrogens is 308 g/mol. The maximum absolute atomic E-state index is 11.7. The van der Waals surface area contributed by atoms with Crippen LogP contribution in [0.4, 0.5) is 4.79 Å². The Kier molecular flexibility index (Phi) is 7.51. The molecule has 0 aliphatic carbocycles. The van der Waals surface area contributed by atoms with Gasteiger partial charge in [-0.3, -0.25) is 9.69 Å².